The van der Waals surface area contributed by atoms with Crippen molar-refractivity contribution in [3.05, 3.63) is 332 Å². The summed E-state index contributed by atoms with van der Waals surface area (Å²) in [6.07, 6.45) is 8.46. The molecule has 21 heteroatoms. The predicted octanol–water partition coefficient (Wildman–Crippen LogP) is 21.9. The summed E-state index contributed by atoms with van der Waals surface area (Å²) in [4.78, 5) is 22.1. The fourth-order valence-electron chi connectivity index (χ4n) is 13.0. The van der Waals surface area contributed by atoms with Crippen molar-refractivity contribution in [3.8, 4) is 169 Å². The van der Waals surface area contributed by atoms with Crippen molar-refractivity contribution in [2.45, 2.75) is 6.92 Å². The predicted molar refractivity (Wildman–Crippen MR) is 411 cm³/mol. The molecule has 0 fully saturated rings. The van der Waals surface area contributed by atoms with Gasteiger partial charge in [0.05, 0.1) is 28.5 Å². The summed E-state index contributed by atoms with van der Waals surface area (Å²) in [5.41, 5.74) is 16.8. The maximum absolute atomic E-state index is 14.1. The Morgan fingerprint density at radius 1 is 0.205 bits per heavy atom. The third-order valence-electron chi connectivity index (χ3n) is 18.4. The van der Waals surface area contributed by atoms with Crippen molar-refractivity contribution >= 4 is 0 Å². The average molecular weight is 1500 g/mol. The molecule has 0 spiro atoms. The van der Waals surface area contributed by atoms with Gasteiger partial charge in [-0.3, -0.25) is 24.9 Å². The van der Waals surface area contributed by atoms with Crippen LogP contribution in [0.4, 0.5) is 26.3 Å². The molecule has 552 valence electrons. The first-order valence-corrected chi connectivity index (χ1v) is 35.1. The van der Waals surface area contributed by atoms with E-state index in [0.717, 1.165) is 136 Å². The summed E-state index contributed by atoms with van der Waals surface area (Å²) in [5.74, 6) is 4.34. The molecule has 0 amide bonds. The van der Waals surface area contributed by atoms with E-state index < -0.39 is 11.6 Å². The van der Waals surface area contributed by atoms with Gasteiger partial charge in [-0.25, -0.2) is 26.3 Å². The molecule has 0 saturated heterocycles. The first-order chi connectivity index (χ1) is 54.9. The molecule has 10 aromatic carbocycles. The lowest BCUT2D eigenvalue weighted by atomic mass is 9.98. The van der Waals surface area contributed by atoms with Gasteiger partial charge in [-0.15, -0.1) is 0 Å². The highest BCUT2D eigenvalue weighted by Gasteiger charge is 2.23. The van der Waals surface area contributed by atoms with Crippen molar-refractivity contribution in [2.24, 2.45) is 0 Å². The molecule has 0 atom stereocenters. The van der Waals surface area contributed by atoms with Crippen molar-refractivity contribution in [1.29, 1.82) is 0 Å². The van der Waals surface area contributed by atoms with Gasteiger partial charge < -0.3 is 47.4 Å². The van der Waals surface area contributed by atoms with E-state index in [9.17, 15) is 26.3 Å². The van der Waals surface area contributed by atoms with Crippen LogP contribution < -0.4 is 47.4 Å². The zero-order valence-corrected chi connectivity index (χ0v) is 59.3. The minimum absolute atomic E-state index is 0.196. The third-order valence-corrected chi connectivity index (χ3v) is 18.4. The molecule has 0 saturated carbocycles. The molecule has 0 aliphatic carbocycles. The van der Waals surface area contributed by atoms with Gasteiger partial charge in [0.2, 0.25) is 34.0 Å². The molecule has 10 heterocycles. The lowest BCUT2D eigenvalue weighted by Gasteiger charge is -2.10. The van der Waals surface area contributed by atoms with Crippen LogP contribution in [0.2, 0.25) is 0 Å². The van der Waals surface area contributed by atoms with E-state index in [1.807, 2.05) is 158 Å². The molecule has 112 heavy (non-hydrogen) atoms. The number of aryl methyl sites for hydroxylation is 1. The molecule has 5 aromatic heterocycles. The van der Waals surface area contributed by atoms with Gasteiger partial charge in [-0.05, 0) is 216 Å². The zero-order chi connectivity index (χ0) is 76.4. The monoisotopic (exact) mass is 1500 g/mol. The number of nitrogens with zero attached hydrogens (tertiary/aromatic N) is 5. The average Bonchev–Trinajstić information content (AvgIpc) is 1.41. The molecule has 0 N–H and O–H groups in total. The van der Waals surface area contributed by atoms with Crippen LogP contribution in [-0.4, -0.2) is 58.9 Å². The Labute approximate surface area is 638 Å². The number of aromatic nitrogens is 5. The molecular weight excluding hydrogens is 1440 g/mol. The van der Waals surface area contributed by atoms with E-state index in [1.54, 1.807) is 86.4 Å². The second kappa shape index (κ2) is 32.5. The van der Waals surface area contributed by atoms with Crippen LogP contribution in [0.25, 0.3) is 112 Å². The van der Waals surface area contributed by atoms with Gasteiger partial charge in [0.1, 0.15) is 23.3 Å². The first kappa shape index (κ1) is 71.8. The van der Waals surface area contributed by atoms with Crippen LogP contribution in [0, 0.1) is 41.8 Å². The molecular formula is C91H61F6N5O10. The Kier molecular flexibility index (Phi) is 20.9. The Hall–Kier alpha value is -14.5. The van der Waals surface area contributed by atoms with E-state index in [2.05, 4.69) is 24.9 Å². The van der Waals surface area contributed by atoms with Crippen LogP contribution in [0.5, 0.6) is 57.5 Å². The van der Waals surface area contributed by atoms with Crippen molar-refractivity contribution in [2.75, 3.05) is 34.0 Å². The molecule has 5 aliphatic heterocycles. The Morgan fingerprint density at radius 3 is 0.893 bits per heavy atom. The minimum atomic E-state index is -0.898. The number of ether oxygens (including phenoxy) is 10. The summed E-state index contributed by atoms with van der Waals surface area (Å²) in [6, 6.07) is 75.8. The number of hydrogen-bond donors (Lipinski definition) is 0. The normalized spacial score (nSPS) is 12.4. The standard InChI is InChI=1S/C19H14FNO2.C18H11F2NO2.3C18H12FNO2/c1-12-9-14(4-6-16(12)20)19-15(3-2-8-21-19)13-5-7-17-18(10-13)23-11-22-17;19-14-5-3-12(8-15(14)20)18-13(2-1-7-21-18)11-4-6-16-17(9-11)23-10-22-16;19-14-4-1-3-13(9-14)18-15(5-2-8-20-18)12-6-7-16-17(10-12)22-11-21-16;19-14-6-3-12(4-7-14)18-15(2-1-9-20-18)13-5-8-16-17(10-13)22-11-21-16;19-15-6-2-1-4-14(15)18-13(5-3-9-20-18)12-7-8-16-17(10-12)22-11-21-16/h2-10H,11H2,1H3;1-9H,10H2;3*1-10H,11H2. The van der Waals surface area contributed by atoms with Crippen LogP contribution in [0.3, 0.4) is 0 Å². The van der Waals surface area contributed by atoms with Gasteiger partial charge in [0, 0.05) is 86.6 Å². The number of fused-ring (bicyclic) bond motifs is 5. The van der Waals surface area contributed by atoms with Gasteiger partial charge >= 0.3 is 0 Å². The maximum atomic E-state index is 14.1. The van der Waals surface area contributed by atoms with Gasteiger partial charge in [-0.2, -0.15) is 0 Å². The fraction of sp³-hybridized carbons (Fsp3) is 0.0659. The fourth-order valence-corrected chi connectivity index (χ4v) is 13.0. The van der Waals surface area contributed by atoms with Crippen LogP contribution in [-0.2, 0) is 0 Å². The zero-order valence-electron chi connectivity index (χ0n) is 59.3. The molecule has 15 nitrogen and oxygen atoms in total. The lowest BCUT2D eigenvalue weighted by molar-refractivity contribution is 0.173. The van der Waals surface area contributed by atoms with Gasteiger partial charge in [-0.1, -0.05) is 84.9 Å². The molecule has 15 aromatic rings. The van der Waals surface area contributed by atoms with E-state index >= 15 is 0 Å². The summed E-state index contributed by atoms with van der Waals surface area (Å²) >= 11 is 0. The summed E-state index contributed by atoms with van der Waals surface area (Å²) in [5, 5.41) is 0. The number of pyridine rings is 5. The minimum Gasteiger partial charge on any atom is -0.454 e. The lowest BCUT2D eigenvalue weighted by Crippen LogP contribution is -1.93. The summed E-state index contributed by atoms with van der Waals surface area (Å²) in [7, 11) is 0. The second-order valence-corrected chi connectivity index (χ2v) is 25.4. The third kappa shape index (κ3) is 15.8. The Morgan fingerprint density at radius 2 is 0.518 bits per heavy atom. The smallest absolute Gasteiger partial charge is 0.231 e. The largest absolute Gasteiger partial charge is 0.454 e. The van der Waals surface area contributed by atoms with Gasteiger partial charge in [0.15, 0.2) is 69.1 Å². The SMILES string of the molecule is Cc1cc(-c2ncccc2-c2ccc3c(c2)OCO3)ccc1F.Fc1ccc(-c2ncccc2-c2ccc3c(c2)OCO3)cc1.Fc1ccc(-c2ncccc2-c2ccc3c(c2)OCO3)cc1F.Fc1cccc(-c2ncccc2-c2ccc3c(c2)OCO3)c1.Fc1ccccc1-c1ncccc1-c1ccc2c(c1)OCO2. The van der Waals surface area contributed by atoms with Crippen molar-refractivity contribution < 1.29 is 73.7 Å². The molecule has 0 radical (unpaired) electrons. The van der Waals surface area contributed by atoms with Crippen molar-refractivity contribution in [1.82, 2.24) is 24.9 Å². The Balaban J connectivity index is 0.000000106. The quantitative estimate of drug-likeness (QED) is 0.119. The second-order valence-electron chi connectivity index (χ2n) is 25.4. The Bertz CT molecular complexity index is 5850. The van der Waals surface area contributed by atoms with Crippen molar-refractivity contribution in [3.63, 3.8) is 0 Å². The molecule has 0 bridgehead atoms. The van der Waals surface area contributed by atoms with Crippen LogP contribution in [0.15, 0.2) is 292 Å². The highest BCUT2D eigenvalue weighted by Crippen LogP contribution is 2.45. The molecule has 0 unspecified atom stereocenters. The van der Waals surface area contributed by atoms with E-state index in [0.29, 0.717) is 51.1 Å². The molecule has 20 rings (SSSR count). The van der Waals surface area contributed by atoms with E-state index in [4.69, 9.17) is 47.4 Å². The first-order valence-electron chi connectivity index (χ1n) is 35.1. The van der Waals surface area contributed by atoms with Crippen LogP contribution in [0.1, 0.15) is 5.56 Å². The topological polar surface area (TPSA) is 157 Å². The van der Waals surface area contributed by atoms with E-state index in [1.165, 1.54) is 42.5 Å². The number of benzene rings is 10. The van der Waals surface area contributed by atoms with Crippen LogP contribution >= 0.6 is 0 Å². The highest BCUT2D eigenvalue weighted by molar-refractivity contribution is 5.87. The molecule has 5 aliphatic rings. The van der Waals surface area contributed by atoms with E-state index in [-0.39, 0.29) is 57.2 Å². The highest BCUT2D eigenvalue weighted by atomic mass is 19.2. The summed E-state index contributed by atoms with van der Waals surface area (Å²) < 4.78 is 135. The number of rotatable bonds is 10. The summed E-state index contributed by atoms with van der Waals surface area (Å²) in [6.45, 7) is 2.91. The van der Waals surface area contributed by atoms with Gasteiger partial charge in [0.25, 0.3) is 0 Å². The number of halogens is 6. The number of hydrogen-bond acceptors (Lipinski definition) is 15. The maximum Gasteiger partial charge on any atom is 0.231 e.